The van der Waals surface area contributed by atoms with Gasteiger partial charge in [0, 0.05) is 13.6 Å². The third-order valence-electron chi connectivity index (χ3n) is 3.05. The van der Waals surface area contributed by atoms with E-state index in [0.717, 1.165) is 5.56 Å². The Bertz CT molecular complexity index is 497. The fourth-order valence-corrected chi connectivity index (χ4v) is 1.70. The third kappa shape index (κ3) is 4.08. The molecule has 0 aromatic heterocycles. The van der Waals surface area contributed by atoms with Crippen molar-refractivity contribution < 1.29 is 4.79 Å². The van der Waals surface area contributed by atoms with Crippen LogP contribution in [0.1, 0.15) is 31.9 Å². The Morgan fingerprint density at radius 1 is 1.47 bits per heavy atom. The van der Waals surface area contributed by atoms with E-state index in [-0.39, 0.29) is 11.3 Å². The minimum absolute atomic E-state index is 0.0881. The number of rotatable bonds is 3. The van der Waals surface area contributed by atoms with Gasteiger partial charge < -0.3 is 10.6 Å². The molecule has 0 saturated heterocycles. The van der Waals surface area contributed by atoms with Crippen LogP contribution in [0.2, 0.25) is 0 Å². The number of likely N-dealkylation sites (N-methyl/N-ethyl adjacent to an activating group) is 1. The van der Waals surface area contributed by atoms with Gasteiger partial charge in [0.15, 0.2) is 0 Å². The van der Waals surface area contributed by atoms with Crippen LogP contribution in [0, 0.1) is 16.7 Å². The SMILES string of the molecule is CN(Cc1cccc(C#N)c1)C(=O)C(N)C(C)(C)C. The minimum Gasteiger partial charge on any atom is -0.340 e. The highest BCUT2D eigenvalue weighted by Gasteiger charge is 2.29. The monoisotopic (exact) mass is 259 g/mol. The first-order valence-corrected chi connectivity index (χ1v) is 6.25. The number of benzene rings is 1. The number of nitriles is 1. The molecule has 1 atom stereocenters. The Hall–Kier alpha value is -1.86. The molecule has 0 aliphatic heterocycles. The lowest BCUT2D eigenvalue weighted by molar-refractivity contribution is -0.134. The van der Waals surface area contributed by atoms with Gasteiger partial charge >= 0.3 is 0 Å². The van der Waals surface area contributed by atoms with Gasteiger partial charge in [0.1, 0.15) is 0 Å². The van der Waals surface area contributed by atoms with Crippen molar-refractivity contribution >= 4 is 5.91 Å². The summed E-state index contributed by atoms with van der Waals surface area (Å²) in [6, 6.07) is 8.80. The fraction of sp³-hybridized carbons (Fsp3) is 0.467. The summed E-state index contributed by atoms with van der Waals surface area (Å²) in [5, 5.41) is 8.85. The van der Waals surface area contributed by atoms with E-state index in [1.54, 1.807) is 24.1 Å². The van der Waals surface area contributed by atoms with E-state index in [1.165, 1.54) is 0 Å². The summed E-state index contributed by atoms with van der Waals surface area (Å²) in [4.78, 5) is 13.8. The van der Waals surface area contributed by atoms with Crippen LogP contribution in [-0.4, -0.2) is 23.9 Å². The first kappa shape index (κ1) is 15.2. The number of hydrogen-bond donors (Lipinski definition) is 1. The van der Waals surface area contributed by atoms with Gasteiger partial charge in [-0.25, -0.2) is 0 Å². The summed E-state index contributed by atoms with van der Waals surface area (Å²) in [5.41, 5.74) is 7.22. The van der Waals surface area contributed by atoms with Crippen LogP contribution < -0.4 is 5.73 Å². The molecule has 0 fully saturated rings. The maximum absolute atomic E-state index is 12.2. The van der Waals surface area contributed by atoms with Crippen LogP contribution in [0.15, 0.2) is 24.3 Å². The quantitative estimate of drug-likeness (QED) is 0.901. The predicted molar refractivity (Wildman–Crippen MR) is 75.1 cm³/mol. The van der Waals surface area contributed by atoms with Gasteiger partial charge in [-0.2, -0.15) is 5.26 Å². The van der Waals surface area contributed by atoms with Gasteiger partial charge in [-0.05, 0) is 23.1 Å². The molecule has 1 rings (SSSR count). The molecule has 1 aromatic carbocycles. The zero-order valence-corrected chi connectivity index (χ0v) is 12.0. The van der Waals surface area contributed by atoms with Crippen molar-refractivity contribution in [3.8, 4) is 6.07 Å². The molecule has 0 saturated carbocycles. The smallest absolute Gasteiger partial charge is 0.240 e. The van der Waals surface area contributed by atoms with Crippen LogP contribution in [0.3, 0.4) is 0 Å². The van der Waals surface area contributed by atoms with Crippen molar-refractivity contribution in [3.05, 3.63) is 35.4 Å². The molecule has 0 spiro atoms. The second-order valence-electron chi connectivity index (χ2n) is 5.85. The maximum atomic E-state index is 12.2. The summed E-state index contributed by atoms with van der Waals surface area (Å²) in [6.07, 6.45) is 0. The zero-order chi connectivity index (χ0) is 14.6. The summed E-state index contributed by atoms with van der Waals surface area (Å²) in [6.45, 7) is 6.29. The average Bonchev–Trinajstić information content (AvgIpc) is 2.36. The van der Waals surface area contributed by atoms with Crippen molar-refractivity contribution in [3.63, 3.8) is 0 Å². The molecule has 1 aromatic rings. The fourth-order valence-electron chi connectivity index (χ4n) is 1.70. The minimum atomic E-state index is -0.531. The summed E-state index contributed by atoms with van der Waals surface area (Å²) >= 11 is 0. The van der Waals surface area contributed by atoms with Gasteiger partial charge in [0.25, 0.3) is 0 Å². The molecule has 0 aliphatic carbocycles. The molecule has 0 aliphatic rings. The van der Waals surface area contributed by atoms with Gasteiger partial charge in [-0.3, -0.25) is 4.79 Å². The number of hydrogen-bond acceptors (Lipinski definition) is 3. The molecule has 0 heterocycles. The van der Waals surface area contributed by atoms with E-state index in [4.69, 9.17) is 11.0 Å². The van der Waals surface area contributed by atoms with Crippen LogP contribution in [0.4, 0.5) is 0 Å². The molecule has 1 unspecified atom stereocenters. The van der Waals surface area contributed by atoms with Crippen molar-refractivity contribution in [1.82, 2.24) is 4.90 Å². The molecule has 0 bridgehead atoms. The summed E-state index contributed by atoms with van der Waals surface area (Å²) in [7, 11) is 1.73. The molecular formula is C15H21N3O. The number of amides is 1. The van der Waals surface area contributed by atoms with Crippen LogP contribution in [0.25, 0.3) is 0 Å². The zero-order valence-electron chi connectivity index (χ0n) is 12.0. The summed E-state index contributed by atoms with van der Waals surface area (Å²) in [5.74, 6) is -0.0881. The van der Waals surface area contributed by atoms with Crippen molar-refractivity contribution in [2.45, 2.75) is 33.4 Å². The van der Waals surface area contributed by atoms with E-state index in [9.17, 15) is 4.79 Å². The standard InChI is InChI=1S/C15H21N3O/c1-15(2,3)13(17)14(19)18(4)10-12-7-5-6-11(8-12)9-16/h5-8,13H,10,17H2,1-4H3. The van der Waals surface area contributed by atoms with Gasteiger partial charge in [-0.1, -0.05) is 32.9 Å². The Labute approximate surface area is 114 Å². The normalized spacial score (nSPS) is 12.6. The van der Waals surface area contributed by atoms with Crippen molar-refractivity contribution in [2.75, 3.05) is 7.05 Å². The highest BCUT2D eigenvalue weighted by molar-refractivity contribution is 5.82. The van der Waals surface area contributed by atoms with E-state index in [2.05, 4.69) is 6.07 Å². The number of carbonyl (C=O) groups is 1. The molecular weight excluding hydrogens is 238 g/mol. The Kier molecular flexibility index (Phi) is 4.68. The van der Waals surface area contributed by atoms with E-state index < -0.39 is 6.04 Å². The van der Waals surface area contributed by atoms with Crippen molar-refractivity contribution in [2.24, 2.45) is 11.1 Å². The Morgan fingerprint density at radius 3 is 2.63 bits per heavy atom. The largest absolute Gasteiger partial charge is 0.340 e. The molecule has 102 valence electrons. The lowest BCUT2D eigenvalue weighted by Crippen LogP contribution is -2.48. The van der Waals surface area contributed by atoms with Gasteiger partial charge in [0.2, 0.25) is 5.91 Å². The van der Waals surface area contributed by atoms with E-state index in [0.29, 0.717) is 12.1 Å². The molecule has 1 amide bonds. The first-order chi connectivity index (χ1) is 8.75. The van der Waals surface area contributed by atoms with Crippen molar-refractivity contribution in [1.29, 1.82) is 5.26 Å². The summed E-state index contributed by atoms with van der Waals surface area (Å²) < 4.78 is 0. The second-order valence-corrected chi connectivity index (χ2v) is 5.85. The molecule has 4 nitrogen and oxygen atoms in total. The van der Waals surface area contributed by atoms with Crippen LogP contribution in [-0.2, 0) is 11.3 Å². The third-order valence-corrected chi connectivity index (χ3v) is 3.05. The lowest BCUT2D eigenvalue weighted by atomic mass is 9.86. The Morgan fingerprint density at radius 2 is 2.11 bits per heavy atom. The van der Waals surface area contributed by atoms with E-state index >= 15 is 0 Å². The topological polar surface area (TPSA) is 70.1 Å². The predicted octanol–water partition coefficient (Wildman–Crippen LogP) is 1.89. The number of carbonyl (C=O) groups excluding carboxylic acids is 1. The molecule has 19 heavy (non-hydrogen) atoms. The average molecular weight is 259 g/mol. The molecule has 4 heteroatoms. The number of nitrogens with zero attached hydrogens (tertiary/aromatic N) is 2. The van der Waals surface area contributed by atoms with Gasteiger partial charge in [-0.15, -0.1) is 0 Å². The molecule has 2 N–H and O–H groups in total. The van der Waals surface area contributed by atoms with E-state index in [1.807, 2.05) is 32.9 Å². The highest BCUT2D eigenvalue weighted by atomic mass is 16.2. The maximum Gasteiger partial charge on any atom is 0.240 e. The Balaban J connectivity index is 2.77. The van der Waals surface area contributed by atoms with Gasteiger partial charge in [0.05, 0.1) is 17.7 Å². The first-order valence-electron chi connectivity index (χ1n) is 6.25. The second kappa shape index (κ2) is 5.85. The number of nitrogens with two attached hydrogens (primary N) is 1. The van der Waals surface area contributed by atoms with Crippen LogP contribution in [0.5, 0.6) is 0 Å². The highest BCUT2D eigenvalue weighted by Crippen LogP contribution is 2.19. The van der Waals surface area contributed by atoms with Crippen LogP contribution >= 0.6 is 0 Å². The molecule has 0 radical (unpaired) electrons. The lowest BCUT2D eigenvalue weighted by Gasteiger charge is -2.30.